The average molecular weight is 342 g/mol. The van der Waals surface area contributed by atoms with Crippen LogP contribution in [0, 0.1) is 17.3 Å². The largest absolute Gasteiger partial charge is 0.300 e. The molecule has 0 N–H and O–H groups in total. The van der Waals surface area contributed by atoms with Crippen molar-refractivity contribution >= 4 is 17.4 Å². The Morgan fingerprint density at radius 2 is 1.96 bits per heavy atom. The van der Waals surface area contributed by atoms with Gasteiger partial charge in [0.15, 0.2) is 5.78 Å². The molecule has 1 aromatic rings. The van der Waals surface area contributed by atoms with Gasteiger partial charge in [0.2, 0.25) is 0 Å². The van der Waals surface area contributed by atoms with Crippen molar-refractivity contribution in [2.45, 2.75) is 56.4 Å². The van der Waals surface area contributed by atoms with Gasteiger partial charge in [-0.3, -0.25) is 4.79 Å². The lowest BCUT2D eigenvalue weighted by Gasteiger charge is -2.53. The molecular formula is C21H24ClNO. The van der Waals surface area contributed by atoms with Crippen LogP contribution in [0.1, 0.15) is 60.9 Å². The molecule has 2 spiro atoms. The fourth-order valence-corrected chi connectivity index (χ4v) is 7.25. The molecule has 1 saturated heterocycles. The predicted octanol–water partition coefficient (Wildman–Crippen LogP) is 4.45. The van der Waals surface area contributed by atoms with Crippen molar-refractivity contribution in [2.24, 2.45) is 17.3 Å². The number of hydrogen-bond donors (Lipinski definition) is 0. The molecule has 1 aromatic carbocycles. The molecule has 1 aliphatic heterocycles. The predicted molar refractivity (Wildman–Crippen MR) is 94.6 cm³/mol. The zero-order valence-corrected chi connectivity index (χ0v) is 14.8. The molecule has 1 heterocycles. The Balaban J connectivity index is 1.22. The molecule has 126 valence electrons. The molecule has 24 heavy (non-hydrogen) atoms. The highest BCUT2D eigenvalue weighted by molar-refractivity contribution is 6.31. The van der Waals surface area contributed by atoms with Crippen molar-refractivity contribution in [3.05, 3.63) is 34.3 Å². The number of carbonyl (C=O) groups excluding carboxylic acids is 1. The molecule has 0 bridgehead atoms. The molecule has 1 unspecified atom stereocenters. The Bertz CT molecular complexity index is 748. The normalized spacial score (nSPS) is 41.7. The van der Waals surface area contributed by atoms with E-state index in [2.05, 4.69) is 11.0 Å². The summed E-state index contributed by atoms with van der Waals surface area (Å²) in [6.45, 7) is 2.36. The second-order valence-corrected chi connectivity index (χ2v) is 9.63. The van der Waals surface area contributed by atoms with E-state index in [9.17, 15) is 4.79 Å². The third-order valence-electron chi connectivity index (χ3n) is 8.47. The van der Waals surface area contributed by atoms with Gasteiger partial charge in [0.05, 0.1) is 0 Å². The van der Waals surface area contributed by atoms with Gasteiger partial charge < -0.3 is 4.90 Å². The van der Waals surface area contributed by atoms with Gasteiger partial charge in [0.25, 0.3) is 0 Å². The van der Waals surface area contributed by atoms with Crippen molar-refractivity contribution in [1.82, 2.24) is 4.90 Å². The number of rotatable bonds is 1. The average Bonchev–Trinajstić information content (AvgIpc) is 3.16. The highest BCUT2D eigenvalue weighted by Crippen LogP contribution is 2.76. The summed E-state index contributed by atoms with van der Waals surface area (Å²) in [5, 5.41) is 0.691. The van der Waals surface area contributed by atoms with E-state index in [0.29, 0.717) is 17.2 Å². The molecule has 6 rings (SSSR count). The number of nitrogens with zero attached hydrogens (tertiary/aromatic N) is 1. The number of benzene rings is 1. The van der Waals surface area contributed by atoms with Crippen LogP contribution in [0.3, 0.4) is 0 Å². The van der Waals surface area contributed by atoms with Crippen LogP contribution >= 0.6 is 11.6 Å². The van der Waals surface area contributed by atoms with Crippen LogP contribution in [0.15, 0.2) is 18.2 Å². The molecule has 0 radical (unpaired) electrons. The zero-order chi connectivity index (χ0) is 16.1. The van der Waals surface area contributed by atoms with Crippen molar-refractivity contribution in [1.29, 1.82) is 0 Å². The molecule has 4 fully saturated rings. The van der Waals surface area contributed by atoms with Gasteiger partial charge in [-0.15, -0.1) is 0 Å². The van der Waals surface area contributed by atoms with E-state index < -0.39 is 0 Å². The highest BCUT2D eigenvalue weighted by atomic mass is 35.5. The molecule has 2 nitrogen and oxygen atoms in total. The van der Waals surface area contributed by atoms with Crippen LogP contribution in [0.25, 0.3) is 0 Å². The summed E-state index contributed by atoms with van der Waals surface area (Å²) in [5.74, 6) is 2.41. The van der Waals surface area contributed by atoms with Crippen molar-refractivity contribution in [3.63, 3.8) is 0 Å². The molecule has 5 aliphatic rings. The lowest BCUT2D eigenvalue weighted by molar-refractivity contribution is -0.0249. The smallest absolute Gasteiger partial charge is 0.164 e. The Morgan fingerprint density at radius 1 is 1.12 bits per heavy atom. The van der Waals surface area contributed by atoms with Gasteiger partial charge in [-0.2, -0.15) is 0 Å². The SMILES string of the molecule is O=C1CC2(CCN([C@@H]3CC45C[C@H]4CC[C@@H]35)CC2)c2ccc(Cl)cc21. The summed E-state index contributed by atoms with van der Waals surface area (Å²) >= 11 is 6.12. The number of Topliss-reactive ketones (excluding diaryl/α,β-unsaturated/α-hetero) is 1. The fourth-order valence-electron chi connectivity index (χ4n) is 7.08. The topological polar surface area (TPSA) is 20.3 Å². The first-order valence-electron chi connectivity index (χ1n) is 9.69. The van der Waals surface area contributed by atoms with Crippen molar-refractivity contribution in [3.8, 4) is 0 Å². The maximum Gasteiger partial charge on any atom is 0.164 e. The third-order valence-corrected chi connectivity index (χ3v) is 8.71. The van der Waals surface area contributed by atoms with Crippen LogP contribution in [0.4, 0.5) is 0 Å². The number of halogens is 1. The monoisotopic (exact) mass is 341 g/mol. The van der Waals surface area contributed by atoms with Gasteiger partial charge in [0, 0.05) is 28.5 Å². The van der Waals surface area contributed by atoms with E-state index in [-0.39, 0.29) is 5.41 Å². The minimum absolute atomic E-state index is 0.104. The molecule has 0 amide bonds. The molecule has 3 heteroatoms. The molecular weight excluding hydrogens is 318 g/mol. The highest BCUT2D eigenvalue weighted by Gasteiger charge is 2.71. The zero-order valence-electron chi connectivity index (χ0n) is 14.1. The lowest BCUT2D eigenvalue weighted by atomic mass is 9.65. The summed E-state index contributed by atoms with van der Waals surface area (Å²) in [6.07, 6.45) is 8.99. The van der Waals surface area contributed by atoms with Crippen LogP contribution in [-0.4, -0.2) is 29.8 Å². The molecule has 4 aliphatic carbocycles. The Kier molecular flexibility index (Phi) is 2.66. The van der Waals surface area contributed by atoms with Crippen LogP contribution in [0.5, 0.6) is 0 Å². The van der Waals surface area contributed by atoms with E-state index in [4.69, 9.17) is 11.6 Å². The van der Waals surface area contributed by atoms with E-state index >= 15 is 0 Å². The van der Waals surface area contributed by atoms with Crippen LogP contribution in [0.2, 0.25) is 5.02 Å². The van der Waals surface area contributed by atoms with Crippen LogP contribution < -0.4 is 0 Å². The van der Waals surface area contributed by atoms with E-state index in [1.54, 1.807) is 0 Å². The van der Waals surface area contributed by atoms with Gasteiger partial charge in [-0.25, -0.2) is 0 Å². The number of fused-ring (bicyclic) bond motifs is 2. The summed E-state index contributed by atoms with van der Waals surface area (Å²) in [6, 6.07) is 6.84. The Labute approximate surface area is 148 Å². The number of likely N-dealkylation sites (tertiary alicyclic amines) is 1. The maximum absolute atomic E-state index is 12.5. The second kappa shape index (κ2) is 4.45. The van der Waals surface area contributed by atoms with E-state index in [0.717, 1.165) is 41.7 Å². The lowest BCUT2D eigenvalue weighted by Crippen LogP contribution is -2.56. The minimum atomic E-state index is 0.104. The van der Waals surface area contributed by atoms with Crippen molar-refractivity contribution < 1.29 is 4.79 Å². The minimum Gasteiger partial charge on any atom is -0.300 e. The third kappa shape index (κ3) is 1.65. The van der Waals surface area contributed by atoms with Crippen molar-refractivity contribution in [2.75, 3.05) is 13.1 Å². The number of ketones is 1. The van der Waals surface area contributed by atoms with E-state index in [1.807, 2.05) is 12.1 Å². The first kappa shape index (κ1) is 14.3. The van der Waals surface area contributed by atoms with E-state index in [1.165, 1.54) is 44.3 Å². The number of hydrogen-bond acceptors (Lipinski definition) is 2. The maximum atomic E-state index is 12.5. The Morgan fingerprint density at radius 3 is 2.71 bits per heavy atom. The Hall–Kier alpha value is -0.860. The van der Waals surface area contributed by atoms with Crippen LogP contribution in [-0.2, 0) is 5.41 Å². The standard InChI is InChI=1S/C21H24ClNO/c22-14-2-4-16-15(9-14)19(24)12-20(16)5-7-23(8-6-20)18-11-21-10-13(21)1-3-17(18)21/h2,4,9,13,17-18H,1,3,5-8,10-12H2/t13-,17+,18-,21?/m1/s1. The summed E-state index contributed by atoms with van der Waals surface area (Å²) in [4.78, 5) is 15.3. The fraction of sp³-hybridized carbons (Fsp3) is 0.667. The molecule has 0 aromatic heterocycles. The summed E-state index contributed by atoms with van der Waals surface area (Å²) in [7, 11) is 0. The van der Waals surface area contributed by atoms with Gasteiger partial charge in [-0.1, -0.05) is 17.7 Å². The number of carbonyl (C=O) groups is 1. The first-order valence-corrected chi connectivity index (χ1v) is 10.1. The summed E-state index contributed by atoms with van der Waals surface area (Å²) in [5.41, 5.74) is 3.10. The van der Waals surface area contributed by atoms with Gasteiger partial charge in [0.1, 0.15) is 0 Å². The summed E-state index contributed by atoms with van der Waals surface area (Å²) < 4.78 is 0. The van der Waals surface area contributed by atoms with Gasteiger partial charge >= 0.3 is 0 Å². The number of piperidine rings is 1. The van der Waals surface area contributed by atoms with Gasteiger partial charge in [-0.05, 0) is 86.6 Å². The second-order valence-electron chi connectivity index (χ2n) is 9.20. The molecule has 3 saturated carbocycles. The first-order chi connectivity index (χ1) is 11.6. The molecule has 4 atom stereocenters. The quantitative estimate of drug-likeness (QED) is 0.752.